The van der Waals surface area contributed by atoms with Gasteiger partial charge in [-0.3, -0.25) is 10.1 Å². The molecule has 0 aliphatic rings. The molecular formula is C13H10FNO2. The van der Waals surface area contributed by atoms with E-state index in [0.717, 1.165) is 0 Å². The molecule has 0 aliphatic heterocycles. The molecule has 2 aromatic rings. The van der Waals surface area contributed by atoms with Crippen LogP contribution in [-0.2, 0) is 0 Å². The molecule has 0 radical (unpaired) electrons. The first-order valence-corrected chi connectivity index (χ1v) is 5.09. The first kappa shape index (κ1) is 11.3. The third-order valence-corrected chi connectivity index (χ3v) is 2.59. The largest absolute Gasteiger partial charge is 0.272 e. The molecule has 2 rings (SSSR count). The summed E-state index contributed by atoms with van der Waals surface area (Å²) in [5, 5.41) is 10.8. The summed E-state index contributed by atoms with van der Waals surface area (Å²) in [6.45, 7) is 1.66. The lowest BCUT2D eigenvalue weighted by atomic mass is 10.0. The van der Waals surface area contributed by atoms with Gasteiger partial charge in [-0.05, 0) is 18.6 Å². The van der Waals surface area contributed by atoms with E-state index in [1.54, 1.807) is 37.3 Å². The number of rotatable bonds is 2. The van der Waals surface area contributed by atoms with Crippen molar-refractivity contribution in [2.24, 2.45) is 0 Å². The van der Waals surface area contributed by atoms with E-state index >= 15 is 0 Å². The summed E-state index contributed by atoms with van der Waals surface area (Å²) in [4.78, 5) is 10.3. The predicted molar refractivity (Wildman–Crippen MR) is 63.2 cm³/mol. The van der Waals surface area contributed by atoms with Crippen LogP contribution in [0.15, 0.2) is 42.5 Å². The van der Waals surface area contributed by atoms with E-state index in [1.807, 2.05) is 0 Å². The van der Waals surface area contributed by atoms with Gasteiger partial charge in [-0.2, -0.15) is 0 Å². The molecule has 0 N–H and O–H groups in total. The van der Waals surface area contributed by atoms with Gasteiger partial charge in [0, 0.05) is 17.2 Å². The van der Waals surface area contributed by atoms with Crippen LogP contribution in [0.25, 0.3) is 11.1 Å². The number of nitrogens with zero attached hydrogens (tertiary/aromatic N) is 1. The Kier molecular flexibility index (Phi) is 2.87. The molecule has 0 spiro atoms. The molecule has 0 saturated carbocycles. The molecule has 3 nitrogen and oxygen atoms in total. The van der Waals surface area contributed by atoms with Crippen molar-refractivity contribution in [2.45, 2.75) is 6.92 Å². The number of nitro groups is 1. The monoisotopic (exact) mass is 231 g/mol. The molecular weight excluding hydrogens is 221 g/mol. The summed E-state index contributed by atoms with van der Waals surface area (Å²) in [7, 11) is 0. The van der Waals surface area contributed by atoms with Gasteiger partial charge in [0.1, 0.15) is 5.82 Å². The minimum absolute atomic E-state index is 0.00533. The Morgan fingerprint density at radius 1 is 1.18 bits per heavy atom. The summed E-state index contributed by atoms with van der Waals surface area (Å²) in [5.74, 6) is -0.384. The second kappa shape index (κ2) is 4.33. The third-order valence-electron chi connectivity index (χ3n) is 2.59. The van der Waals surface area contributed by atoms with Crippen LogP contribution in [0.5, 0.6) is 0 Å². The van der Waals surface area contributed by atoms with Crippen molar-refractivity contribution in [1.82, 2.24) is 0 Å². The number of hydrogen-bond acceptors (Lipinski definition) is 2. The minimum Gasteiger partial charge on any atom is -0.258 e. The Hall–Kier alpha value is -2.23. The van der Waals surface area contributed by atoms with Crippen molar-refractivity contribution in [3.63, 3.8) is 0 Å². The van der Waals surface area contributed by atoms with Gasteiger partial charge < -0.3 is 0 Å². The summed E-state index contributed by atoms with van der Waals surface area (Å²) in [6, 6.07) is 10.9. The molecule has 17 heavy (non-hydrogen) atoms. The topological polar surface area (TPSA) is 43.1 Å². The zero-order chi connectivity index (χ0) is 12.4. The molecule has 0 unspecified atom stereocenters. The van der Waals surface area contributed by atoms with Crippen molar-refractivity contribution in [3.8, 4) is 11.1 Å². The van der Waals surface area contributed by atoms with Crippen LogP contribution in [0.2, 0.25) is 0 Å². The van der Waals surface area contributed by atoms with Crippen molar-refractivity contribution in [1.29, 1.82) is 0 Å². The fourth-order valence-electron chi connectivity index (χ4n) is 1.67. The van der Waals surface area contributed by atoms with Gasteiger partial charge >= 0.3 is 0 Å². The highest BCUT2D eigenvalue weighted by molar-refractivity contribution is 5.67. The van der Waals surface area contributed by atoms with Crippen LogP contribution in [0.1, 0.15) is 5.56 Å². The maximum atomic E-state index is 13.5. The maximum absolute atomic E-state index is 13.5. The molecule has 0 heterocycles. The standard InChI is InChI=1S/C13H10FNO2/c1-9-6-7-10(8-13(9)15(16)17)11-4-2-3-5-12(11)14/h2-8H,1H3. The summed E-state index contributed by atoms with van der Waals surface area (Å²) in [5.41, 5.74) is 1.46. The van der Waals surface area contributed by atoms with E-state index in [1.165, 1.54) is 12.1 Å². The lowest BCUT2D eigenvalue weighted by Crippen LogP contribution is -1.93. The second-order valence-electron chi connectivity index (χ2n) is 3.74. The normalized spacial score (nSPS) is 10.2. The first-order chi connectivity index (χ1) is 8.09. The smallest absolute Gasteiger partial charge is 0.258 e. The van der Waals surface area contributed by atoms with Crippen LogP contribution in [0.4, 0.5) is 10.1 Å². The fourth-order valence-corrected chi connectivity index (χ4v) is 1.67. The van der Waals surface area contributed by atoms with Gasteiger partial charge in [-0.1, -0.05) is 30.3 Å². The molecule has 4 heteroatoms. The average molecular weight is 231 g/mol. The van der Waals surface area contributed by atoms with Crippen LogP contribution < -0.4 is 0 Å². The molecule has 0 atom stereocenters. The lowest BCUT2D eigenvalue weighted by molar-refractivity contribution is -0.385. The highest BCUT2D eigenvalue weighted by Gasteiger charge is 2.13. The molecule has 0 amide bonds. The fraction of sp³-hybridized carbons (Fsp3) is 0.0769. The van der Waals surface area contributed by atoms with E-state index in [9.17, 15) is 14.5 Å². The summed E-state index contributed by atoms with van der Waals surface area (Å²) >= 11 is 0. The zero-order valence-corrected chi connectivity index (χ0v) is 9.18. The van der Waals surface area contributed by atoms with Gasteiger partial charge in [0.2, 0.25) is 0 Å². The molecule has 0 fully saturated rings. The molecule has 0 saturated heterocycles. The summed E-state index contributed by atoms with van der Waals surface area (Å²) < 4.78 is 13.5. The van der Waals surface area contributed by atoms with E-state index < -0.39 is 4.92 Å². The van der Waals surface area contributed by atoms with Crippen LogP contribution in [0, 0.1) is 22.9 Å². The Balaban J connectivity index is 2.58. The maximum Gasteiger partial charge on any atom is 0.272 e. The number of halogens is 1. The number of hydrogen-bond donors (Lipinski definition) is 0. The Bertz CT molecular complexity index is 581. The quantitative estimate of drug-likeness (QED) is 0.584. The van der Waals surface area contributed by atoms with E-state index in [2.05, 4.69) is 0 Å². The average Bonchev–Trinajstić information content (AvgIpc) is 2.30. The lowest BCUT2D eigenvalue weighted by Gasteiger charge is -2.04. The second-order valence-corrected chi connectivity index (χ2v) is 3.74. The van der Waals surface area contributed by atoms with E-state index in [4.69, 9.17) is 0 Å². The number of aryl methyl sites for hydroxylation is 1. The Labute approximate surface area is 97.7 Å². The molecule has 0 aromatic heterocycles. The van der Waals surface area contributed by atoms with Crippen molar-refractivity contribution in [2.75, 3.05) is 0 Å². The predicted octanol–water partition coefficient (Wildman–Crippen LogP) is 3.71. The van der Waals surface area contributed by atoms with Crippen LogP contribution in [0.3, 0.4) is 0 Å². The van der Waals surface area contributed by atoms with Gasteiger partial charge in [0.25, 0.3) is 5.69 Å². The van der Waals surface area contributed by atoms with Crippen molar-refractivity contribution < 1.29 is 9.31 Å². The third kappa shape index (κ3) is 2.15. The minimum atomic E-state index is -0.459. The van der Waals surface area contributed by atoms with Crippen LogP contribution >= 0.6 is 0 Å². The number of benzene rings is 2. The van der Waals surface area contributed by atoms with Gasteiger partial charge in [0.15, 0.2) is 0 Å². The van der Waals surface area contributed by atoms with E-state index in [-0.39, 0.29) is 11.5 Å². The summed E-state index contributed by atoms with van der Waals surface area (Å²) in [6.07, 6.45) is 0. The van der Waals surface area contributed by atoms with E-state index in [0.29, 0.717) is 16.7 Å². The molecule has 0 aliphatic carbocycles. The first-order valence-electron chi connectivity index (χ1n) is 5.09. The molecule has 2 aromatic carbocycles. The SMILES string of the molecule is Cc1ccc(-c2ccccc2F)cc1[N+](=O)[O-]. The highest BCUT2D eigenvalue weighted by Crippen LogP contribution is 2.28. The van der Waals surface area contributed by atoms with Gasteiger partial charge in [-0.25, -0.2) is 4.39 Å². The van der Waals surface area contributed by atoms with Crippen molar-refractivity contribution >= 4 is 5.69 Å². The molecule has 86 valence electrons. The molecule has 0 bridgehead atoms. The van der Waals surface area contributed by atoms with Crippen molar-refractivity contribution in [3.05, 3.63) is 64.0 Å². The van der Waals surface area contributed by atoms with Gasteiger partial charge in [0.05, 0.1) is 4.92 Å². The zero-order valence-electron chi connectivity index (χ0n) is 9.18. The Morgan fingerprint density at radius 2 is 1.88 bits per heavy atom. The Morgan fingerprint density at radius 3 is 2.53 bits per heavy atom. The van der Waals surface area contributed by atoms with Gasteiger partial charge in [-0.15, -0.1) is 0 Å². The van der Waals surface area contributed by atoms with Crippen LogP contribution in [-0.4, -0.2) is 4.92 Å². The number of nitro benzene ring substituents is 1. The highest BCUT2D eigenvalue weighted by atomic mass is 19.1.